The Morgan fingerprint density at radius 1 is 1.07 bits per heavy atom. The van der Waals surface area contributed by atoms with Crippen molar-refractivity contribution in [1.82, 2.24) is 10.2 Å². The first-order chi connectivity index (χ1) is 13.7. The van der Waals surface area contributed by atoms with Crippen molar-refractivity contribution in [2.24, 2.45) is 0 Å². The van der Waals surface area contributed by atoms with Crippen molar-refractivity contribution in [3.63, 3.8) is 0 Å². The highest BCUT2D eigenvalue weighted by atomic mass is 35.5. The Morgan fingerprint density at radius 2 is 1.69 bits per heavy atom. The average molecular weight is 466 g/mol. The molecule has 29 heavy (non-hydrogen) atoms. The van der Waals surface area contributed by atoms with Gasteiger partial charge in [0.05, 0.1) is 15.6 Å². The van der Waals surface area contributed by atoms with Crippen LogP contribution in [0.15, 0.2) is 42.5 Å². The number of hydrogen-bond donors (Lipinski definition) is 1. The van der Waals surface area contributed by atoms with Crippen LogP contribution in [0.2, 0.25) is 10.0 Å². The first kappa shape index (κ1) is 21.3. The molecule has 12 heteroatoms. The Kier molecular flexibility index (Phi) is 6.25. The molecule has 0 radical (unpaired) electrons. The van der Waals surface area contributed by atoms with E-state index in [0.29, 0.717) is 10.6 Å². The molecular weight excluding hydrogens is 457 g/mol. The van der Waals surface area contributed by atoms with Gasteiger partial charge in [-0.25, -0.2) is 0 Å². The second kappa shape index (κ2) is 8.52. The molecule has 5 nitrogen and oxygen atoms in total. The van der Waals surface area contributed by atoms with Crippen molar-refractivity contribution in [2.45, 2.75) is 12.5 Å². The van der Waals surface area contributed by atoms with E-state index in [0.717, 1.165) is 23.5 Å². The lowest BCUT2D eigenvalue weighted by Gasteiger charge is -2.16. The number of anilines is 1. The second-order valence-electron chi connectivity index (χ2n) is 5.45. The van der Waals surface area contributed by atoms with Crippen molar-refractivity contribution in [3.8, 4) is 16.3 Å². The number of rotatable bonds is 6. The van der Waals surface area contributed by atoms with Crippen LogP contribution in [-0.4, -0.2) is 28.6 Å². The van der Waals surface area contributed by atoms with Gasteiger partial charge in [-0.3, -0.25) is 10.1 Å². The summed E-state index contributed by atoms with van der Waals surface area (Å²) in [6.07, 6.45) is -8.55. The minimum Gasteiger partial charge on any atom is -0.428 e. The lowest BCUT2D eigenvalue weighted by Crippen LogP contribution is -2.33. The number of amides is 1. The lowest BCUT2D eigenvalue weighted by atomic mass is 10.2. The molecule has 1 heterocycles. The highest BCUT2D eigenvalue weighted by Gasteiger charge is 2.43. The van der Waals surface area contributed by atoms with Gasteiger partial charge >= 0.3 is 12.5 Å². The third-order valence-electron chi connectivity index (χ3n) is 3.44. The maximum atomic E-state index is 12.9. The number of benzene rings is 2. The SMILES string of the molecule is O=C(Nc1nnc(-c2ccc(OC(F)(F)C(F)F)cc2)s1)c1c(Cl)cccc1Cl. The molecule has 1 amide bonds. The van der Waals surface area contributed by atoms with Gasteiger partial charge in [0, 0.05) is 5.56 Å². The van der Waals surface area contributed by atoms with Crippen LogP contribution in [0.4, 0.5) is 22.7 Å². The van der Waals surface area contributed by atoms with Gasteiger partial charge in [-0.2, -0.15) is 17.6 Å². The number of nitrogens with one attached hydrogen (secondary N) is 1. The van der Waals surface area contributed by atoms with Gasteiger partial charge in [0.15, 0.2) is 0 Å². The number of aromatic nitrogens is 2. The maximum Gasteiger partial charge on any atom is 0.461 e. The average Bonchev–Trinajstić information content (AvgIpc) is 3.10. The molecule has 0 spiro atoms. The topological polar surface area (TPSA) is 64.1 Å². The van der Waals surface area contributed by atoms with Crippen LogP contribution >= 0.6 is 34.5 Å². The summed E-state index contributed by atoms with van der Waals surface area (Å²) in [4.78, 5) is 12.3. The third-order valence-corrected chi connectivity index (χ3v) is 4.96. The Balaban J connectivity index is 1.72. The van der Waals surface area contributed by atoms with E-state index in [9.17, 15) is 22.4 Å². The zero-order valence-corrected chi connectivity index (χ0v) is 16.3. The normalized spacial score (nSPS) is 11.6. The van der Waals surface area contributed by atoms with Crippen molar-refractivity contribution >= 4 is 45.6 Å². The van der Waals surface area contributed by atoms with Gasteiger partial charge in [-0.15, -0.1) is 10.2 Å². The van der Waals surface area contributed by atoms with Crippen LogP contribution in [0.1, 0.15) is 10.4 Å². The summed E-state index contributed by atoms with van der Waals surface area (Å²) in [7, 11) is 0. The number of alkyl halides is 4. The fourth-order valence-corrected chi connectivity index (χ4v) is 3.45. The molecule has 2 aromatic carbocycles. The van der Waals surface area contributed by atoms with Gasteiger partial charge in [-0.1, -0.05) is 40.6 Å². The van der Waals surface area contributed by atoms with E-state index in [1.165, 1.54) is 24.3 Å². The van der Waals surface area contributed by atoms with Crippen molar-refractivity contribution in [3.05, 3.63) is 58.1 Å². The molecule has 1 aromatic heterocycles. The molecule has 1 N–H and O–H groups in total. The minimum atomic E-state index is -4.60. The third kappa shape index (κ3) is 4.95. The summed E-state index contributed by atoms with van der Waals surface area (Å²) in [5.74, 6) is -1.02. The Morgan fingerprint density at radius 3 is 2.28 bits per heavy atom. The molecule has 0 bridgehead atoms. The van der Waals surface area contributed by atoms with Crippen LogP contribution in [0.25, 0.3) is 10.6 Å². The highest BCUT2D eigenvalue weighted by Crippen LogP contribution is 2.32. The van der Waals surface area contributed by atoms with E-state index in [-0.39, 0.29) is 20.7 Å². The first-order valence-corrected chi connectivity index (χ1v) is 9.29. The molecule has 0 aliphatic heterocycles. The van der Waals surface area contributed by atoms with E-state index in [4.69, 9.17) is 23.2 Å². The van der Waals surface area contributed by atoms with Crippen LogP contribution in [0.5, 0.6) is 5.75 Å². The van der Waals surface area contributed by atoms with Gasteiger partial charge in [0.1, 0.15) is 10.8 Å². The second-order valence-corrected chi connectivity index (χ2v) is 7.24. The zero-order valence-electron chi connectivity index (χ0n) is 14.0. The maximum absolute atomic E-state index is 12.9. The number of hydrogen-bond acceptors (Lipinski definition) is 5. The first-order valence-electron chi connectivity index (χ1n) is 7.71. The summed E-state index contributed by atoms with van der Waals surface area (Å²) >= 11 is 13.0. The number of nitrogens with zero attached hydrogens (tertiary/aromatic N) is 2. The summed E-state index contributed by atoms with van der Waals surface area (Å²) in [6, 6.07) is 9.48. The molecule has 0 atom stereocenters. The Bertz CT molecular complexity index is 1010. The van der Waals surface area contributed by atoms with E-state index >= 15 is 0 Å². The highest BCUT2D eigenvalue weighted by molar-refractivity contribution is 7.18. The number of carbonyl (C=O) groups is 1. The predicted octanol–water partition coefficient (Wildman–Crippen LogP) is 6.00. The fourth-order valence-electron chi connectivity index (χ4n) is 2.13. The van der Waals surface area contributed by atoms with Gasteiger partial charge < -0.3 is 4.74 Å². The number of carbonyl (C=O) groups excluding carboxylic acids is 1. The molecule has 152 valence electrons. The van der Waals surface area contributed by atoms with Crippen molar-refractivity contribution < 1.29 is 27.1 Å². The summed E-state index contributed by atoms with van der Waals surface area (Å²) in [5, 5.41) is 11.0. The molecule has 0 unspecified atom stereocenters. The van der Waals surface area contributed by atoms with Crippen molar-refractivity contribution in [1.29, 1.82) is 0 Å². The number of halogens is 6. The zero-order chi connectivity index (χ0) is 21.2. The monoisotopic (exact) mass is 465 g/mol. The quantitative estimate of drug-likeness (QED) is 0.453. The molecule has 0 fully saturated rings. The smallest absolute Gasteiger partial charge is 0.428 e. The van der Waals surface area contributed by atoms with E-state index < -0.39 is 24.2 Å². The van der Waals surface area contributed by atoms with Gasteiger partial charge in [0.25, 0.3) is 5.91 Å². The summed E-state index contributed by atoms with van der Waals surface area (Å²) in [6.45, 7) is 0. The van der Waals surface area contributed by atoms with Gasteiger partial charge in [0.2, 0.25) is 5.13 Å². The molecule has 0 aliphatic rings. The van der Waals surface area contributed by atoms with Crippen LogP contribution in [-0.2, 0) is 0 Å². The molecule has 3 aromatic rings. The molecule has 3 rings (SSSR count). The Labute approximate surface area is 175 Å². The van der Waals surface area contributed by atoms with E-state index in [1.807, 2.05) is 0 Å². The van der Waals surface area contributed by atoms with Crippen LogP contribution < -0.4 is 10.1 Å². The fraction of sp³-hybridized carbons (Fsp3) is 0.118. The van der Waals surface area contributed by atoms with Crippen LogP contribution in [0.3, 0.4) is 0 Å². The van der Waals surface area contributed by atoms with E-state index in [1.54, 1.807) is 6.07 Å². The van der Waals surface area contributed by atoms with Crippen LogP contribution in [0, 0.1) is 0 Å². The predicted molar refractivity (Wildman–Crippen MR) is 101 cm³/mol. The summed E-state index contributed by atoms with van der Waals surface area (Å²) in [5.41, 5.74) is 0.528. The van der Waals surface area contributed by atoms with Crippen molar-refractivity contribution in [2.75, 3.05) is 5.32 Å². The minimum absolute atomic E-state index is 0.0778. The lowest BCUT2D eigenvalue weighted by molar-refractivity contribution is -0.253. The largest absolute Gasteiger partial charge is 0.461 e. The summed E-state index contributed by atoms with van der Waals surface area (Å²) < 4.78 is 54.2. The van der Waals surface area contributed by atoms with Gasteiger partial charge in [-0.05, 0) is 36.4 Å². The molecule has 0 saturated carbocycles. The molecule has 0 saturated heterocycles. The van der Waals surface area contributed by atoms with E-state index in [2.05, 4.69) is 20.3 Å². The molecular formula is C17H9Cl2F4N3O2S. The Hall–Kier alpha value is -2.43. The molecule has 0 aliphatic carbocycles. The standard InChI is InChI=1S/C17H9Cl2F4N3O2S/c18-10-2-1-3-11(19)12(10)13(27)24-16-26-25-14(29-16)8-4-6-9(7-5-8)28-17(22,23)15(20)21/h1-7,15H,(H,24,26,27). The number of ether oxygens (including phenoxy) is 1.